The third-order valence-corrected chi connectivity index (χ3v) is 2.66. The molecule has 1 saturated carbocycles. The van der Waals surface area contributed by atoms with Gasteiger partial charge >= 0.3 is 0 Å². The van der Waals surface area contributed by atoms with Gasteiger partial charge in [0.05, 0.1) is 0 Å². The van der Waals surface area contributed by atoms with Crippen LogP contribution in [0.15, 0.2) is 0 Å². The minimum atomic E-state index is 0.573. The van der Waals surface area contributed by atoms with Gasteiger partial charge in [0.15, 0.2) is 0 Å². The van der Waals surface area contributed by atoms with E-state index < -0.39 is 0 Å². The summed E-state index contributed by atoms with van der Waals surface area (Å²) < 4.78 is 0. The van der Waals surface area contributed by atoms with E-state index in [0.29, 0.717) is 6.04 Å². The van der Waals surface area contributed by atoms with Crippen molar-refractivity contribution in [3.8, 4) is 0 Å². The minimum absolute atomic E-state index is 0.573. The molecule has 2 heteroatoms. The lowest BCUT2D eigenvalue weighted by atomic mass is 9.77. The summed E-state index contributed by atoms with van der Waals surface area (Å²) in [5.74, 6) is 7.11. The lowest BCUT2D eigenvalue weighted by Crippen LogP contribution is -2.44. The molecular weight excluding hydrogens is 136 g/mol. The van der Waals surface area contributed by atoms with Gasteiger partial charge in [-0.15, -0.1) is 0 Å². The molecule has 0 aliphatic heterocycles. The third kappa shape index (κ3) is 2.46. The first kappa shape index (κ1) is 9.01. The van der Waals surface area contributed by atoms with Gasteiger partial charge < -0.3 is 0 Å². The van der Waals surface area contributed by atoms with E-state index in [2.05, 4.69) is 19.3 Å². The molecular formula is C9H20N2. The maximum atomic E-state index is 5.48. The molecule has 0 aromatic rings. The van der Waals surface area contributed by atoms with Gasteiger partial charge in [-0.25, -0.2) is 0 Å². The zero-order valence-electron chi connectivity index (χ0n) is 7.64. The normalized spacial score (nSPS) is 21.8. The summed E-state index contributed by atoms with van der Waals surface area (Å²) in [5.41, 5.74) is 2.94. The van der Waals surface area contributed by atoms with Crippen LogP contribution in [0.3, 0.4) is 0 Å². The van der Waals surface area contributed by atoms with Crippen LogP contribution in [0.2, 0.25) is 0 Å². The Morgan fingerprint density at radius 1 is 1.45 bits per heavy atom. The van der Waals surface area contributed by atoms with Gasteiger partial charge in [0, 0.05) is 6.04 Å². The molecule has 0 saturated heterocycles. The molecule has 1 fully saturated rings. The maximum Gasteiger partial charge on any atom is 0.0241 e. The third-order valence-electron chi connectivity index (χ3n) is 2.66. The van der Waals surface area contributed by atoms with Gasteiger partial charge in [0.2, 0.25) is 0 Å². The van der Waals surface area contributed by atoms with Crippen molar-refractivity contribution in [3.05, 3.63) is 0 Å². The van der Waals surface area contributed by atoms with Crippen LogP contribution in [0.5, 0.6) is 0 Å². The topological polar surface area (TPSA) is 38.0 Å². The fourth-order valence-electron chi connectivity index (χ4n) is 1.75. The lowest BCUT2D eigenvalue weighted by Gasteiger charge is -2.34. The summed E-state index contributed by atoms with van der Waals surface area (Å²) >= 11 is 0. The molecule has 0 aromatic carbocycles. The van der Waals surface area contributed by atoms with Crippen molar-refractivity contribution in [2.45, 2.75) is 45.6 Å². The smallest absolute Gasteiger partial charge is 0.0241 e. The largest absolute Gasteiger partial charge is 0.271 e. The van der Waals surface area contributed by atoms with Crippen molar-refractivity contribution in [1.82, 2.24) is 5.43 Å². The summed E-state index contributed by atoms with van der Waals surface area (Å²) in [7, 11) is 0. The Kier molecular flexibility index (Phi) is 3.34. The Morgan fingerprint density at radius 2 is 2.09 bits per heavy atom. The van der Waals surface area contributed by atoms with E-state index in [-0.39, 0.29) is 0 Å². The average molecular weight is 156 g/mol. The van der Waals surface area contributed by atoms with Crippen molar-refractivity contribution in [2.24, 2.45) is 17.7 Å². The van der Waals surface area contributed by atoms with Gasteiger partial charge in [0.1, 0.15) is 0 Å². The number of nitrogens with one attached hydrogen (secondary N) is 1. The van der Waals surface area contributed by atoms with Crippen molar-refractivity contribution in [2.75, 3.05) is 0 Å². The predicted octanol–water partition coefficient (Wildman–Crippen LogP) is 1.66. The van der Waals surface area contributed by atoms with Crippen LogP contribution in [-0.4, -0.2) is 6.04 Å². The highest BCUT2D eigenvalue weighted by atomic mass is 15.2. The first-order valence-electron chi connectivity index (χ1n) is 4.70. The van der Waals surface area contributed by atoms with Crippen molar-refractivity contribution in [3.63, 3.8) is 0 Å². The molecule has 0 bridgehead atoms. The molecule has 11 heavy (non-hydrogen) atoms. The van der Waals surface area contributed by atoms with Crippen LogP contribution in [0.4, 0.5) is 0 Å². The van der Waals surface area contributed by atoms with E-state index in [9.17, 15) is 0 Å². The fourth-order valence-corrected chi connectivity index (χ4v) is 1.75. The molecule has 0 amide bonds. The molecule has 1 atom stereocenters. The predicted molar refractivity (Wildman–Crippen MR) is 47.9 cm³/mol. The Balaban J connectivity index is 2.23. The van der Waals surface area contributed by atoms with Crippen LogP contribution in [0.1, 0.15) is 39.5 Å². The number of hydrogen-bond acceptors (Lipinski definition) is 2. The van der Waals surface area contributed by atoms with Gasteiger partial charge in [-0.3, -0.25) is 11.3 Å². The van der Waals surface area contributed by atoms with Crippen LogP contribution in [0.25, 0.3) is 0 Å². The van der Waals surface area contributed by atoms with E-state index in [1.54, 1.807) is 0 Å². The summed E-state index contributed by atoms with van der Waals surface area (Å²) in [6, 6.07) is 0.573. The molecule has 1 aliphatic carbocycles. The molecule has 0 radical (unpaired) electrons. The summed E-state index contributed by atoms with van der Waals surface area (Å²) in [6.07, 6.45) is 5.38. The van der Waals surface area contributed by atoms with Gasteiger partial charge in [-0.05, 0) is 31.1 Å². The van der Waals surface area contributed by atoms with E-state index in [1.807, 2.05) is 0 Å². The van der Waals surface area contributed by atoms with E-state index in [0.717, 1.165) is 11.8 Å². The second kappa shape index (κ2) is 4.07. The molecule has 66 valence electrons. The van der Waals surface area contributed by atoms with E-state index >= 15 is 0 Å². The molecule has 1 rings (SSSR count). The number of rotatable bonds is 4. The van der Waals surface area contributed by atoms with Gasteiger partial charge in [-0.2, -0.15) is 0 Å². The highest BCUT2D eigenvalue weighted by Gasteiger charge is 2.26. The van der Waals surface area contributed by atoms with Crippen LogP contribution in [0, 0.1) is 11.8 Å². The Hall–Kier alpha value is -0.0800. The Labute approximate surface area is 69.5 Å². The fraction of sp³-hybridized carbons (Fsp3) is 1.00. The Morgan fingerprint density at radius 3 is 2.36 bits per heavy atom. The summed E-state index contributed by atoms with van der Waals surface area (Å²) in [6.45, 7) is 4.51. The Bertz CT molecular complexity index is 108. The van der Waals surface area contributed by atoms with Crippen LogP contribution >= 0.6 is 0 Å². The first-order chi connectivity index (χ1) is 5.24. The zero-order chi connectivity index (χ0) is 8.27. The monoisotopic (exact) mass is 156 g/mol. The van der Waals surface area contributed by atoms with Gasteiger partial charge in [-0.1, -0.05) is 20.3 Å². The highest BCUT2D eigenvalue weighted by Crippen LogP contribution is 2.31. The summed E-state index contributed by atoms with van der Waals surface area (Å²) in [4.78, 5) is 0. The molecule has 0 spiro atoms. The van der Waals surface area contributed by atoms with Crippen molar-refractivity contribution < 1.29 is 0 Å². The van der Waals surface area contributed by atoms with Gasteiger partial charge in [0.25, 0.3) is 0 Å². The SMILES string of the molecule is CC(C)CC(NN)C1CCC1. The van der Waals surface area contributed by atoms with Crippen molar-refractivity contribution >= 4 is 0 Å². The number of hydrogen-bond donors (Lipinski definition) is 2. The zero-order valence-corrected chi connectivity index (χ0v) is 7.64. The molecule has 0 aromatic heterocycles. The quantitative estimate of drug-likeness (QED) is 0.480. The standard InChI is InChI=1S/C9H20N2/c1-7(2)6-9(11-10)8-4-3-5-8/h7-9,11H,3-6,10H2,1-2H3. The van der Waals surface area contributed by atoms with E-state index in [1.165, 1.54) is 25.7 Å². The molecule has 2 nitrogen and oxygen atoms in total. The first-order valence-corrected chi connectivity index (χ1v) is 4.70. The second-order valence-electron chi connectivity index (χ2n) is 4.09. The van der Waals surface area contributed by atoms with E-state index in [4.69, 9.17) is 5.84 Å². The maximum absolute atomic E-state index is 5.48. The molecule has 3 N–H and O–H groups in total. The summed E-state index contributed by atoms with van der Waals surface area (Å²) in [5, 5.41) is 0. The molecule has 1 aliphatic rings. The van der Waals surface area contributed by atoms with Crippen LogP contribution < -0.4 is 11.3 Å². The highest BCUT2D eigenvalue weighted by molar-refractivity contribution is 4.81. The number of nitrogens with two attached hydrogens (primary N) is 1. The van der Waals surface area contributed by atoms with Crippen LogP contribution in [-0.2, 0) is 0 Å². The number of hydrazine groups is 1. The average Bonchev–Trinajstić information content (AvgIpc) is 1.81. The lowest BCUT2D eigenvalue weighted by molar-refractivity contribution is 0.207. The molecule has 1 unspecified atom stereocenters. The molecule has 0 heterocycles. The minimum Gasteiger partial charge on any atom is -0.271 e. The second-order valence-corrected chi connectivity index (χ2v) is 4.09. The van der Waals surface area contributed by atoms with Crippen molar-refractivity contribution in [1.29, 1.82) is 0 Å².